The third-order valence-electron chi connectivity index (χ3n) is 4.07. The summed E-state index contributed by atoms with van der Waals surface area (Å²) in [4.78, 5) is 28.6. The van der Waals surface area contributed by atoms with E-state index in [1.807, 2.05) is 0 Å². The number of azide groups is 1. The van der Waals surface area contributed by atoms with E-state index < -0.39 is 60.9 Å². The van der Waals surface area contributed by atoms with Crippen LogP contribution in [0.2, 0.25) is 0 Å². The number of carbonyl (C=O) groups is 2. The number of likely N-dealkylation sites (tertiary alicyclic amines) is 1. The van der Waals surface area contributed by atoms with E-state index >= 15 is 4.39 Å². The number of anilines is 1. The fourth-order valence-electron chi connectivity index (χ4n) is 2.95. The van der Waals surface area contributed by atoms with E-state index in [9.17, 15) is 22.8 Å². The minimum atomic E-state index is -4.92. The zero-order chi connectivity index (χ0) is 23.4. The number of amides is 2. The second kappa shape index (κ2) is 8.88. The van der Waals surface area contributed by atoms with Gasteiger partial charge in [0, 0.05) is 23.1 Å². The normalized spacial score (nSPS) is 21.3. The van der Waals surface area contributed by atoms with Crippen molar-refractivity contribution in [3.05, 3.63) is 34.7 Å². The van der Waals surface area contributed by atoms with Crippen molar-refractivity contribution < 1.29 is 36.6 Å². The second-order valence-electron chi connectivity index (χ2n) is 7.93. The third-order valence-corrected chi connectivity index (χ3v) is 4.07. The first-order valence-corrected chi connectivity index (χ1v) is 9.07. The van der Waals surface area contributed by atoms with Gasteiger partial charge in [0.25, 0.3) is 0 Å². The van der Waals surface area contributed by atoms with Gasteiger partial charge in [0.2, 0.25) is 5.91 Å². The van der Waals surface area contributed by atoms with Crippen LogP contribution >= 0.6 is 0 Å². The van der Waals surface area contributed by atoms with Crippen LogP contribution in [0.15, 0.2) is 29.4 Å². The van der Waals surface area contributed by atoms with Gasteiger partial charge in [0.05, 0.1) is 13.1 Å². The summed E-state index contributed by atoms with van der Waals surface area (Å²) in [7, 11) is 0. The second-order valence-corrected chi connectivity index (χ2v) is 7.93. The molecule has 170 valence electrons. The maximum absolute atomic E-state index is 15.1. The Morgan fingerprint density at radius 2 is 2.03 bits per heavy atom. The number of alkyl halides is 4. The van der Waals surface area contributed by atoms with E-state index in [0.717, 1.165) is 17.0 Å². The van der Waals surface area contributed by atoms with Crippen LogP contribution in [0.1, 0.15) is 27.2 Å². The summed E-state index contributed by atoms with van der Waals surface area (Å²) in [6, 6.07) is 3.15. The van der Waals surface area contributed by atoms with Crippen LogP contribution in [0, 0.1) is 0 Å². The molecule has 1 N–H and O–H groups in total. The Hall–Kier alpha value is -3.21. The van der Waals surface area contributed by atoms with Gasteiger partial charge in [0.1, 0.15) is 23.1 Å². The van der Waals surface area contributed by atoms with Crippen molar-refractivity contribution in [2.24, 2.45) is 5.11 Å². The van der Waals surface area contributed by atoms with Gasteiger partial charge >= 0.3 is 12.5 Å². The van der Waals surface area contributed by atoms with Crippen LogP contribution in [0.25, 0.3) is 10.4 Å². The van der Waals surface area contributed by atoms with Crippen molar-refractivity contribution in [1.29, 1.82) is 0 Å². The molecule has 1 heterocycles. The van der Waals surface area contributed by atoms with Gasteiger partial charge in [-0.05, 0) is 38.4 Å². The van der Waals surface area contributed by atoms with Gasteiger partial charge < -0.3 is 14.8 Å². The Kier molecular flexibility index (Phi) is 6.89. The van der Waals surface area contributed by atoms with E-state index in [0.29, 0.717) is 0 Å². The zero-order valence-corrected chi connectivity index (χ0v) is 16.9. The average molecular weight is 447 g/mol. The lowest BCUT2D eigenvalue weighted by molar-refractivity contribution is -0.274. The number of benzene rings is 1. The first-order chi connectivity index (χ1) is 14.2. The smallest absolute Gasteiger partial charge is 0.444 e. The molecule has 0 spiro atoms. The molecule has 2 atom stereocenters. The minimum Gasteiger partial charge on any atom is -0.444 e. The molecular weight excluding hydrogens is 426 g/mol. The molecule has 1 saturated heterocycles. The summed E-state index contributed by atoms with van der Waals surface area (Å²) in [5, 5.41) is 5.54. The van der Waals surface area contributed by atoms with E-state index in [1.165, 1.54) is 12.1 Å². The van der Waals surface area contributed by atoms with Gasteiger partial charge in [-0.15, -0.1) is 13.2 Å². The number of ether oxygens (including phenoxy) is 2. The highest BCUT2D eigenvalue weighted by molar-refractivity contribution is 5.97. The number of nitrogens with zero attached hydrogens (tertiary/aromatic N) is 4. The van der Waals surface area contributed by atoms with Crippen LogP contribution in [-0.2, 0) is 9.53 Å². The van der Waals surface area contributed by atoms with Crippen molar-refractivity contribution in [3.8, 4) is 5.75 Å². The first-order valence-electron chi connectivity index (χ1n) is 9.07. The van der Waals surface area contributed by atoms with Crippen LogP contribution in [0.4, 0.5) is 28.0 Å². The SMILES string of the molecule is CC(C)(C)OC(=O)N1C[C@@](F)(CN=[N+]=[N-])C[C@H]1C(=O)Nc1cccc(OC(F)(F)F)c1. The molecule has 1 fully saturated rings. The molecule has 0 radical (unpaired) electrons. The maximum atomic E-state index is 15.1. The molecule has 0 aliphatic carbocycles. The van der Waals surface area contributed by atoms with Gasteiger partial charge in [-0.25, -0.2) is 9.18 Å². The molecule has 0 unspecified atom stereocenters. The van der Waals surface area contributed by atoms with Gasteiger partial charge in [0.15, 0.2) is 0 Å². The average Bonchev–Trinajstić information content (AvgIpc) is 2.96. The summed E-state index contributed by atoms with van der Waals surface area (Å²) in [5.74, 6) is -1.42. The number of hydrogen-bond acceptors (Lipinski definition) is 5. The summed E-state index contributed by atoms with van der Waals surface area (Å²) in [5.41, 5.74) is 5.31. The topological polar surface area (TPSA) is 117 Å². The Balaban J connectivity index is 2.23. The molecule has 0 aromatic heterocycles. The van der Waals surface area contributed by atoms with Gasteiger partial charge in [-0.2, -0.15) is 0 Å². The maximum Gasteiger partial charge on any atom is 0.573 e. The van der Waals surface area contributed by atoms with Gasteiger partial charge in [-0.1, -0.05) is 11.2 Å². The summed E-state index contributed by atoms with van der Waals surface area (Å²) < 4.78 is 61.3. The van der Waals surface area contributed by atoms with Crippen molar-refractivity contribution in [2.75, 3.05) is 18.4 Å². The summed E-state index contributed by atoms with van der Waals surface area (Å²) in [6.45, 7) is 3.60. The molecule has 2 amide bonds. The number of halogens is 4. The number of hydrogen-bond donors (Lipinski definition) is 1. The fraction of sp³-hybridized carbons (Fsp3) is 0.556. The molecule has 13 heteroatoms. The third kappa shape index (κ3) is 7.21. The van der Waals surface area contributed by atoms with E-state index in [-0.39, 0.29) is 5.69 Å². The lowest BCUT2D eigenvalue weighted by Gasteiger charge is -2.28. The Labute approximate surface area is 174 Å². The lowest BCUT2D eigenvalue weighted by Crippen LogP contribution is -2.45. The van der Waals surface area contributed by atoms with Crippen molar-refractivity contribution in [1.82, 2.24) is 4.90 Å². The summed E-state index contributed by atoms with van der Waals surface area (Å²) in [6.07, 6.45) is -6.37. The Morgan fingerprint density at radius 1 is 1.35 bits per heavy atom. The molecular formula is C18H21F4N5O4. The fourth-order valence-corrected chi connectivity index (χ4v) is 2.95. The van der Waals surface area contributed by atoms with Crippen molar-refractivity contribution in [3.63, 3.8) is 0 Å². The van der Waals surface area contributed by atoms with E-state index in [2.05, 4.69) is 20.1 Å². The van der Waals surface area contributed by atoms with Crippen LogP contribution in [-0.4, -0.2) is 53.7 Å². The summed E-state index contributed by atoms with van der Waals surface area (Å²) >= 11 is 0. The predicted molar refractivity (Wildman–Crippen MR) is 101 cm³/mol. The van der Waals surface area contributed by atoms with Crippen LogP contribution in [0.5, 0.6) is 5.75 Å². The number of nitrogens with one attached hydrogen (secondary N) is 1. The molecule has 31 heavy (non-hydrogen) atoms. The van der Waals surface area contributed by atoms with E-state index in [1.54, 1.807) is 20.8 Å². The van der Waals surface area contributed by atoms with Crippen molar-refractivity contribution >= 4 is 17.7 Å². The molecule has 2 rings (SSSR count). The highest BCUT2D eigenvalue weighted by atomic mass is 19.4. The van der Waals surface area contributed by atoms with Gasteiger partial charge in [-0.3, -0.25) is 9.69 Å². The van der Waals surface area contributed by atoms with Crippen LogP contribution in [0.3, 0.4) is 0 Å². The minimum absolute atomic E-state index is 0.0534. The quantitative estimate of drug-likeness (QED) is 0.308. The zero-order valence-electron chi connectivity index (χ0n) is 16.9. The van der Waals surface area contributed by atoms with Crippen LogP contribution < -0.4 is 10.1 Å². The standard InChI is InChI=1S/C18H21F4N5O4/c1-16(2,3)31-15(29)27-10-17(19,9-24-26-23)8-13(27)14(28)25-11-5-4-6-12(7-11)30-18(20,21)22/h4-7,13H,8-10H2,1-3H3,(H,25,28)/t13-,17-/m0/s1. The predicted octanol–water partition coefficient (Wildman–Crippen LogP) is 4.55. The molecule has 0 saturated carbocycles. The molecule has 1 aromatic rings. The number of carbonyl (C=O) groups excluding carboxylic acids is 2. The van der Waals surface area contributed by atoms with Crippen molar-refractivity contribution in [2.45, 2.75) is 50.9 Å². The molecule has 0 bridgehead atoms. The lowest BCUT2D eigenvalue weighted by atomic mass is 10.0. The highest BCUT2D eigenvalue weighted by Gasteiger charge is 2.50. The molecule has 1 aliphatic heterocycles. The number of rotatable bonds is 5. The van der Waals surface area contributed by atoms with E-state index in [4.69, 9.17) is 10.3 Å². The molecule has 1 aromatic carbocycles. The largest absolute Gasteiger partial charge is 0.573 e. The molecule has 9 nitrogen and oxygen atoms in total. The Morgan fingerprint density at radius 3 is 2.61 bits per heavy atom. The Bertz CT molecular complexity index is 882. The monoisotopic (exact) mass is 447 g/mol. The highest BCUT2D eigenvalue weighted by Crippen LogP contribution is 2.33. The first kappa shape index (κ1) is 24.1. The molecule has 1 aliphatic rings.